The number of carbonyl (C=O) groups excluding carboxylic acids is 2. The lowest BCUT2D eigenvalue weighted by atomic mass is 10.2. The van der Waals surface area contributed by atoms with Crippen LogP contribution in [0.4, 0.5) is 11.4 Å². The summed E-state index contributed by atoms with van der Waals surface area (Å²) in [6.07, 6.45) is 5.02. The molecule has 0 saturated carbocycles. The van der Waals surface area contributed by atoms with Crippen LogP contribution >= 0.6 is 0 Å². The predicted molar refractivity (Wildman–Crippen MR) is 114 cm³/mol. The Bertz CT molecular complexity index is 1020. The van der Waals surface area contributed by atoms with E-state index >= 15 is 0 Å². The summed E-state index contributed by atoms with van der Waals surface area (Å²) in [6.45, 7) is 4.71. The van der Waals surface area contributed by atoms with E-state index < -0.39 is 0 Å². The van der Waals surface area contributed by atoms with Crippen LogP contribution in [0.15, 0.2) is 48.7 Å². The number of anilines is 2. The van der Waals surface area contributed by atoms with Crippen LogP contribution in [-0.2, 0) is 0 Å². The van der Waals surface area contributed by atoms with E-state index in [1.54, 1.807) is 16.7 Å². The molecule has 1 fully saturated rings. The highest BCUT2D eigenvalue weighted by molar-refractivity contribution is 6.06. The van der Waals surface area contributed by atoms with E-state index in [0.29, 0.717) is 17.7 Å². The van der Waals surface area contributed by atoms with E-state index in [1.165, 1.54) is 18.5 Å². The second kappa shape index (κ2) is 8.34. The van der Waals surface area contributed by atoms with Crippen LogP contribution in [0.25, 0.3) is 5.52 Å². The summed E-state index contributed by atoms with van der Waals surface area (Å²) < 4.78 is 1.65. The highest BCUT2D eigenvalue weighted by Crippen LogP contribution is 2.22. The number of amides is 2. The van der Waals surface area contributed by atoms with Gasteiger partial charge in [0.15, 0.2) is 5.69 Å². The normalized spacial score (nSPS) is 13.6. The number of pyridine rings is 1. The van der Waals surface area contributed by atoms with Gasteiger partial charge in [-0.1, -0.05) is 13.0 Å². The molecule has 0 radical (unpaired) electrons. The number of fused-ring (bicyclic) bond motifs is 1. The maximum atomic E-state index is 12.9. The van der Waals surface area contributed by atoms with Crippen molar-refractivity contribution in [2.24, 2.45) is 0 Å². The first-order valence-corrected chi connectivity index (χ1v) is 10.1. The molecule has 1 saturated heterocycles. The van der Waals surface area contributed by atoms with Crippen molar-refractivity contribution in [3.63, 3.8) is 0 Å². The van der Waals surface area contributed by atoms with Gasteiger partial charge in [0.2, 0.25) is 5.82 Å². The number of carbonyl (C=O) groups is 2. The fraction of sp³-hybridized carbons (Fsp3) is 0.318. The molecule has 150 valence electrons. The van der Waals surface area contributed by atoms with E-state index in [2.05, 4.69) is 20.5 Å². The highest BCUT2D eigenvalue weighted by atomic mass is 16.2. The van der Waals surface area contributed by atoms with Crippen molar-refractivity contribution in [1.29, 1.82) is 0 Å². The van der Waals surface area contributed by atoms with Crippen molar-refractivity contribution in [3.05, 3.63) is 60.2 Å². The van der Waals surface area contributed by atoms with Crippen LogP contribution in [-0.4, -0.2) is 40.8 Å². The van der Waals surface area contributed by atoms with Gasteiger partial charge in [-0.15, -0.1) is 0 Å². The second-order valence-corrected chi connectivity index (χ2v) is 7.19. The lowest BCUT2D eigenvalue weighted by molar-refractivity contribution is 0.0951. The van der Waals surface area contributed by atoms with Gasteiger partial charge in [-0.05, 0) is 55.7 Å². The van der Waals surface area contributed by atoms with Crippen LogP contribution < -0.4 is 15.5 Å². The number of hydrogen-bond acceptors (Lipinski definition) is 4. The minimum atomic E-state index is -0.352. The van der Waals surface area contributed by atoms with E-state index in [4.69, 9.17) is 0 Å². The van der Waals surface area contributed by atoms with Gasteiger partial charge in [0, 0.05) is 37.2 Å². The van der Waals surface area contributed by atoms with Crippen molar-refractivity contribution >= 4 is 28.7 Å². The number of hydrogen-bond donors (Lipinski definition) is 2. The minimum absolute atomic E-state index is 0.186. The summed E-state index contributed by atoms with van der Waals surface area (Å²) in [4.78, 5) is 32.0. The molecule has 0 aliphatic carbocycles. The first-order valence-electron chi connectivity index (χ1n) is 10.1. The molecule has 29 heavy (non-hydrogen) atoms. The number of nitrogens with one attached hydrogen (secondary N) is 2. The van der Waals surface area contributed by atoms with Crippen molar-refractivity contribution in [2.75, 3.05) is 29.9 Å². The third-order valence-corrected chi connectivity index (χ3v) is 5.10. The van der Waals surface area contributed by atoms with Gasteiger partial charge in [-0.2, -0.15) is 0 Å². The Morgan fingerprint density at radius 2 is 1.79 bits per heavy atom. The summed E-state index contributed by atoms with van der Waals surface area (Å²) in [6, 6.07) is 13.3. The Morgan fingerprint density at radius 3 is 2.52 bits per heavy atom. The molecule has 0 atom stereocenters. The van der Waals surface area contributed by atoms with Crippen molar-refractivity contribution in [3.8, 4) is 0 Å². The first kappa shape index (κ1) is 19.0. The van der Waals surface area contributed by atoms with Crippen molar-refractivity contribution in [2.45, 2.75) is 26.2 Å². The molecule has 4 rings (SSSR count). The Hall–Kier alpha value is -3.35. The van der Waals surface area contributed by atoms with E-state index in [-0.39, 0.29) is 23.3 Å². The molecule has 1 aliphatic heterocycles. The molecule has 3 aromatic rings. The van der Waals surface area contributed by atoms with Crippen LogP contribution in [0.1, 0.15) is 47.3 Å². The molecule has 2 aromatic heterocycles. The Balaban J connectivity index is 1.56. The summed E-state index contributed by atoms with van der Waals surface area (Å²) in [5, 5.41) is 5.72. The standard InChI is InChI=1S/C22H25N5O2/c1-2-12-23-21(28)19-18-7-3-4-15-27(18)20(25-19)22(29)24-16-8-10-17(11-9-16)26-13-5-6-14-26/h3-4,7-11,15H,2,5-6,12-14H2,1H3,(H,23,28)(H,24,29). The maximum absolute atomic E-state index is 12.9. The molecule has 1 aromatic carbocycles. The Morgan fingerprint density at radius 1 is 1.03 bits per heavy atom. The lowest BCUT2D eigenvalue weighted by Crippen LogP contribution is -2.24. The van der Waals surface area contributed by atoms with Gasteiger partial charge >= 0.3 is 0 Å². The molecule has 2 N–H and O–H groups in total. The van der Waals surface area contributed by atoms with Crippen LogP contribution in [0.2, 0.25) is 0 Å². The molecule has 7 heteroatoms. The fourth-order valence-electron chi connectivity index (χ4n) is 3.61. The number of benzene rings is 1. The van der Waals surface area contributed by atoms with Crippen molar-refractivity contribution < 1.29 is 9.59 Å². The van der Waals surface area contributed by atoms with E-state index in [9.17, 15) is 9.59 Å². The molecular weight excluding hydrogens is 366 g/mol. The van der Waals surface area contributed by atoms with Crippen LogP contribution in [0.3, 0.4) is 0 Å². The van der Waals surface area contributed by atoms with Gasteiger partial charge in [-0.3, -0.25) is 14.0 Å². The number of aromatic nitrogens is 2. The largest absolute Gasteiger partial charge is 0.372 e. The smallest absolute Gasteiger partial charge is 0.292 e. The third kappa shape index (κ3) is 3.94. The number of imidazole rings is 1. The van der Waals surface area contributed by atoms with Crippen molar-refractivity contribution in [1.82, 2.24) is 14.7 Å². The summed E-state index contributed by atoms with van der Waals surface area (Å²) in [5.41, 5.74) is 2.73. The molecule has 0 bridgehead atoms. The van der Waals surface area contributed by atoms with E-state index in [1.807, 2.05) is 43.3 Å². The quantitative estimate of drug-likeness (QED) is 0.676. The second-order valence-electron chi connectivity index (χ2n) is 7.19. The first-order chi connectivity index (χ1) is 14.2. The van der Waals surface area contributed by atoms with Gasteiger partial charge in [0.05, 0.1) is 5.52 Å². The molecule has 0 unspecified atom stereocenters. The SMILES string of the molecule is CCCNC(=O)c1nc(C(=O)Nc2ccc(N3CCCC3)cc2)n2ccccc12. The third-order valence-electron chi connectivity index (χ3n) is 5.10. The summed E-state index contributed by atoms with van der Waals surface area (Å²) in [7, 11) is 0. The predicted octanol–water partition coefficient (Wildman–Crippen LogP) is 3.33. The molecule has 0 spiro atoms. The average molecular weight is 391 g/mol. The zero-order valence-corrected chi connectivity index (χ0v) is 16.5. The zero-order chi connectivity index (χ0) is 20.2. The monoisotopic (exact) mass is 391 g/mol. The summed E-state index contributed by atoms with van der Waals surface area (Å²) >= 11 is 0. The molecular formula is C22H25N5O2. The molecule has 7 nitrogen and oxygen atoms in total. The number of nitrogens with zero attached hydrogens (tertiary/aromatic N) is 3. The van der Waals surface area contributed by atoms with Crippen LogP contribution in [0.5, 0.6) is 0 Å². The topological polar surface area (TPSA) is 78.7 Å². The minimum Gasteiger partial charge on any atom is -0.372 e. The summed E-state index contributed by atoms with van der Waals surface area (Å²) in [5.74, 6) is -0.440. The van der Waals surface area contributed by atoms with Gasteiger partial charge < -0.3 is 15.5 Å². The molecule has 2 amide bonds. The number of rotatable bonds is 6. The van der Waals surface area contributed by atoms with Gasteiger partial charge in [0.25, 0.3) is 11.8 Å². The average Bonchev–Trinajstić information content (AvgIpc) is 3.41. The zero-order valence-electron chi connectivity index (χ0n) is 16.5. The van der Waals surface area contributed by atoms with Gasteiger partial charge in [0.1, 0.15) is 0 Å². The lowest BCUT2D eigenvalue weighted by Gasteiger charge is -2.17. The van der Waals surface area contributed by atoms with E-state index in [0.717, 1.165) is 19.5 Å². The Kier molecular flexibility index (Phi) is 5.46. The maximum Gasteiger partial charge on any atom is 0.292 e. The highest BCUT2D eigenvalue weighted by Gasteiger charge is 2.21. The van der Waals surface area contributed by atoms with Crippen LogP contribution in [0, 0.1) is 0 Å². The molecule has 1 aliphatic rings. The van der Waals surface area contributed by atoms with Gasteiger partial charge in [-0.25, -0.2) is 4.98 Å². The molecule has 3 heterocycles. The fourth-order valence-corrected chi connectivity index (χ4v) is 3.61. The Labute approximate surface area is 169 Å².